The van der Waals surface area contributed by atoms with Crippen LogP contribution in [-0.2, 0) is 25.2 Å². The van der Waals surface area contributed by atoms with Crippen LogP contribution in [-0.4, -0.2) is 36.0 Å². The van der Waals surface area contributed by atoms with Crippen LogP contribution in [0.2, 0.25) is 5.02 Å². The minimum atomic E-state index is -5.69. The molecule has 0 bridgehead atoms. The van der Waals surface area contributed by atoms with Crippen molar-refractivity contribution >= 4 is 44.9 Å². The molecule has 11 nitrogen and oxygen atoms in total. The van der Waals surface area contributed by atoms with Crippen molar-refractivity contribution in [3.8, 4) is 5.69 Å². The molecular formula is C21H15ClF3N5O6S. The summed E-state index contributed by atoms with van der Waals surface area (Å²) in [5, 5.41) is 4.28. The van der Waals surface area contributed by atoms with Gasteiger partial charge >= 0.3 is 11.9 Å². The Bertz CT molecular complexity index is 1670. The van der Waals surface area contributed by atoms with E-state index >= 15 is 0 Å². The average Bonchev–Trinajstić information content (AvgIpc) is 3.06. The van der Waals surface area contributed by atoms with Gasteiger partial charge in [0.25, 0.3) is 11.5 Å². The normalized spacial score (nSPS) is 17.3. The first-order valence-electron chi connectivity index (χ1n) is 10.1. The van der Waals surface area contributed by atoms with E-state index in [0.717, 1.165) is 24.3 Å². The number of nitrogens with one attached hydrogen (secondary N) is 4. The monoisotopic (exact) mass is 557 g/mol. The minimum absolute atomic E-state index is 0.0826. The molecule has 4 rings (SSSR count). The summed E-state index contributed by atoms with van der Waals surface area (Å²) in [6.07, 6.45) is -5.69. The van der Waals surface area contributed by atoms with Crippen molar-refractivity contribution in [1.82, 2.24) is 14.3 Å². The van der Waals surface area contributed by atoms with Crippen LogP contribution >= 0.6 is 11.6 Å². The fourth-order valence-corrected chi connectivity index (χ4v) is 5.30. The van der Waals surface area contributed by atoms with E-state index in [2.05, 4.69) is 5.32 Å². The van der Waals surface area contributed by atoms with Crippen LogP contribution < -0.4 is 26.6 Å². The van der Waals surface area contributed by atoms with E-state index in [1.807, 2.05) is 5.32 Å². The molecule has 2 amide bonds. The number of sulfonamides is 1. The van der Waals surface area contributed by atoms with Gasteiger partial charge in [0.1, 0.15) is 5.82 Å². The predicted molar refractivity (Wildman–Crippen MR) is 125 cm³/mol. The molecule has 1 aliphatic heterocycles. The van der Waals surface area contributed by atoms with E-state index in [9.17, 15) is 40.8 Å². The lowest BCUT2D eigenvalue weighted by molar-refractivity contribution is -0.194. The summed E-state index contributed by atoms with van der Waals surface area (Å²) in [4.78, 5) is 50.3. The SMILES string of the molecule is CC(=O)Nc1ccc(S(=O)(=O)N[C@@]2(C(F)(F)F)C(=O)Nc3c2c(=O)[nH]c(=O)n3-c2cccc(Cl)c2)cc1. The van der Waals surface area contributed by atoms with Gasteiger partial charge in [0.05, 0.1) is 16.1 Å². The van der Waals surface area contributed by atoms with E-state index in [-0.39, 0.29) is 16.4 Å². The van der Waals surface area contributed by atoms with E-state index in [0.29, 0.717) is 4.57 Å². The van der Waals surface area contributed by atoms with Crippen LogP contribution in [0.3, 0.4) is 0 Å². The number of hydrogen-bond donors (Lipinski definition) is 4. The van der Waals surface area contributed by atoms with Crippen molar-refractivity contribution in [1.29, 1.82) is 0 Å². The lowest BCUT2D eigenvalue weighted by atomic mass is 9.93. The summed E-state index contributed by atoms with van der Waals surface area (Å²) >= 11 is 5.91. The van der Waals surface area contributed by atoms with Crippen LogP contribution in [0.25, 0.3) is 5.69 Å². The Labute approximate surface area is 210 Å². The van der Waals surface area contributed by atoms with Gasteiger partial charge in [0, 0.05) is 17.6 Å². The molecule has 3 aromatic rings. The molecule has 194 valence electrons. The van der Waals surface area contributed by atoms with Crippen molar-refractivity contribution in [3.05, 3.63) is 80.0 Å². The number of carbonyl (C=O) groups is 2. The van der Waals surface area contributed by atoms with Crippen molar-refractivity contribution in [2.24, 2.45) is 0 Å². The molecule has 1 aliphatic rings. The van der Waals surface area contributed by atoms with Gasteiger partial charge in [-0.3, -0.25) is 19.4 Å². The van der Waals surface area contributed by atoms with Crippen LogP contribution in [0.15, 0.2) is 63.0 Å². The number of aromatic nitrogens is 2. The Kier molecular flexibility index (Phi) is 6.26. The summed E-state index contributed by atoms with van der Waals surface area (Å²) in [5.41, 5.74) is -8.29. The largest absolute Gasteiger partial charge is 0.421 e. The maximum atomic E-state index is 14.6. The van der Waals surface area contributed by atoms with Crippen molar-refractivity contribution in [3.63, 3.8) is 0 Å². The number of carbonyl (C=O) groups excluding carboxylic acids is 2. The van der Waals surface area contributed by atoms with Crippen molar-refractivity contribution in [2.45, 2.75) is 23.5 Å². The van der Waals surface area contributed by atoms with Gasteiger partial charge in [-0.25, -0.2) is 17.8 Å². The van der Waals surface area contributed by atoms with Crippen LogP contribution in [0.1, 0.15) is 12.5 Å². The van der Waals surface area contributed by atoms with E-state index in [4.69, 9.17) is 11.6 Å². The number of rotatable bonds is 5. The third-order valence-corrected chi connectivity index (χ3v) is 7.03. The molecule has 0 aliphatic carbocycles. The number of benzene rings is 2. The smallest absolute Gasteiger partial charge is 0.326 e. The number of alkyl halides is 3. The number of anilines is 2. The first-order valence-corrected chi connectivity index (χ1v) is 12.0. The summed E-state index contributed by atoms with van der Waals surface area (Å²) in [7, 11) is -5.12. The van der Waals surface area contributed by atoms with E-state index < -0.39 is 61.1 Å². The molecule has 0 radical (unpaired) electrons. The summed E-state index contributed by atoms with van der Waals surface area (Å²) in [6.45, 7) is 1.19. The van der Waals surface area contributed by atoms with Crippen LogP contribution in [0, 0.1) is 0 Å². The maximum absolute atomic E-state index is 14.6. The zero-order chi connectivity index (χ0) is 27.3. The van der Waals surface area contributed by atoms with E-state index in [1.54, 1.807) is 4.98 Å². The van der Waals surface area contributed by atoms with Gasteiger partial charge in [0.2, 0.25) is 21.5 Å². The molecule has 0 spiro atoms. The number of fused-ring (bicyclic) bond motifs is 1. The number of amides is 2. The lowest BCUT2D eigenvalue weighted by Crippen LogP contribution is -2.61. The fourth-order valence-electron chi connectivity index (χ4n) is 3.79. The Balaban J connectivity index is 1.93. The third-order valence-electron chi connectivity index (χ3n) is 5.32. The predicted octanol–water partition coefficient (Wildman–Crippen LogP) is 1.83. The molecule has 0 saturated heterocycles. The number of halogens is 4. The van der Waals surface area contributed by atoms with Crippen LogP contribution in [0.5, 0.6) is 0 Å². The molecule has 0 unspecified atom stereocenters. The second-order valence-corrected chi connectivity index (χ2v) is 9.93. The van der Waals surface area contributed by atoms with Gasteiger partial charge in [-0.15, -0.1) is 0 Å². The number of aromatic amines is 1. The van der Waals surface area contributed by atoms with Gasteiger partial charge < -0.3 is 10.6 Å². The number of nitrogens with zero attached hydrogens (tertiary/aromatic N) is 1. The van der Waals surface area contributed by atoms with Crippen molar-refractivity contribution in [2.75, 3.05) is 10.6 Å². The molecule has 4 N–H and O–H groups in total. The molecule has 1 aromatic heterocycles. The number of hydrogen-bond acceptors (Lipinski definition) is 6. The quantitative estimate of drug-likeness (QED) is 0.374. The second kappa shape index (κ2) is 8.86. The molecular weight excluding hydrogens is 543 g/mol. The first-order chi connectivity index (χ1) is 17.2. The summed E-state index contributed by atoms with van der Waals surface area (Å²) in [6, 6.07) is 9.24. The highest BCUT2D eigenvalue weighted by Crippen LogP contribution is 2.46. The zero-order valence-electron chi connectivity index (χ0n) is 18.4. The summed E-state index contributed by atoms with van der Waals surface area (Å²) in [5.74, 6) is -3.32. The lowest BCUT2D eigenvalue weighted by Gasteiger charge is -2.29. The second-order valence-electron chi connectivity index (χ2n) is 7.81. The molecule has 1 atom stereocenters. The first kappa shape index (κ1) is 26.1. The Morgan fingerprint density at radius 1 is 1.08 bits per heavy atom. The Morgan fingerprint density at radius 3 is 2.30 bits per heavy atom. The summed E-state index contributed by atoms with van der Waals surface area (Å²) < 4.78 is 71.7. The highest BCUT2D eigenvalue weighted by Gasteiger charge is 2.69. The Morgan fingerprint density at radius 2 is 1.73 bits per heavy atom. The topological polar surface area (TPSA) is 159 Å². The molecule has 16 heteroatoms. The maximum Gasteiger partial charge on any atom is 0.421 e. The van der Waals surface area contributed by atoms with Crippen molar-refractivity contribution < 1.29 is 31.2 Å². The highest BCUT2D eigenvalue weighted by atomic mass is 35.5. The van der Waals surface area contributed by atoms with Gasteiger partial charge in [-0.2, -0.15) is 17.9 Å². The minimum Gasteiger partial charge on any atom is -0.326 e. The zero-order valence-corrected chi connectivity index (χ0v) is 20.0. The molecule has 0 saturated carbocycles. The Hall–Kier alpha value is -3.95. The standard InChI is InChI=1S/C21H15ClF3N5O6S/c1-10(31)26-12-5-7-14(8-6-12)37(35,36)29-20(21(23,24)25)15-16(27-18(20)33)30(19(34)28-17(15)32)13-4-2-3-11(22)9-13/h2-9,29H,1H3,(H,26,31)(H,27,33)(H,28,32,34)/t20-/m1/s1. The van der Waals surface area contributed by atoms with Gasteiger partial charge in [-0.05, 0) is 42.5 Å². The number of H-pyrrole nitrogens is 1. The third kappa shape index (κ3) is 4.41. The molecule has 37 heavy (non-hydrogen) atoms. The fraction of sp³-hybridized carbons (Fsp3) is 0.143. The molecule has 2 aromatic carbocycles. The molecule has 2 heterocycles. The molecule has 0 fully saturated rings. The average molecular weight is 558 g/mol. The van der Waals surface area contributed by atoms with Gasteiger partial charge in [0.15, 0.2) is 0 Å². The van der Waals surface area contributed by atoms with E-state index in [1.165, 1.54) is 35.9 Å². The van der Waals surface area contributed by atoms with Gasteiger partial charge in [-0.1, -0.05) is 17.7 Å². The van der Waals surface area contributed by atoms with Crippen LogP contribution in [0.4, 0.5) is 24.7 Å². The highest BCUT2D eigenvalue weighted by molar-refractivity contribution is 7.89.